The van der Waals surface area contributed by atoms with Gasteiger partial charge in [-0.05, 0) is 55.8 Å². The number of amides is 1. The van der Waals surface area contributed by atoms with E-state index in [2.05, 4.69) is 10.6 Å². The molecule has 0 aromatic heterocycles. The van der Waals surface area contributed by atoms with Crippen molar-refractivity contribution >= 4 is 40.5 Å². The first kappa shape index (κ1) is 15.7. The first-order valence-corrected chi connectivity index (χ1v) is 7.31. The zero-order valence-electron chi connectivity index (χ0n) is 11.8. The van der Waals surface area contributed by atoms with Crippen LogP contribution in [0.5, 0.6) is 0 Å². The second-order valence-corrected chi connectivity index (χ2v) is 5.62. The number of hydrogen-bond acceptors (Lipinski definition) is 2. The summed E-state index contributed by atoms with van der Waals surface area (Å²) in [7, 11) is 0. The van der Waals surface area contributed by atoms with Gasteiger partial charge in [0.15, 0.2) is 0 Å². The summed E-state index contributed by atoms with van der Waals surface area (Å²) in [5.41, 5.74) is 2.41. The molecule has 0 heterocycles. The van der Waals surface area contributed by atoms with Gasteiger partial charge in [0.25, 0.3) is 0 Å². The Morgan fingerprint density at radius 3 is 2.43 bits per heavy atom. The molecule has 0 bridgehead atoms. The number of hydrogen-bond donors (Lipinski definition) is 2. The third-order valence-corrected chi connectivity index (χ3v) is 3.81. The van der Waals surface area contributed by atoms with Crippen LogP contribution in [0.3, 0.4) is 0 Å². The fourth-order valence-corrected chi connectivity index (χ4v) is 2.15. The molecule has 1 unspecified atom stereocenters. The normalized spacial score (nSPS) is 11.8. The van der Waals surface area contributed by atoms with Crippen molar-refractivity contribution < 1.29 is 4.79 Å². The van der Waals surface area contributed by atoms with E-state index in [1.807, 2.05) is 31.2 Å². The van der Waals surface area contributed by atoms with Crippen LogP contribution in [0.25, 0.3) is 0 Å². The van der Waals surface area contributed by atoms with E-state index in [0.29, 0.717) is 10.0 Å². The molecule has 0 saturated carbocycles. The second kappa shape index (κ2) is 6.83. The molecular formula is C16H16Cl2N2O. The molecule has 110 valence electrons. The van der Waals surface area contributed by atoms with Crippen molar-refractivity contribution in [3.8, 4) is 0 Å². The Labute approximate surface area is 134 Å². The Morgan fingerprint density at radius 2 is 1.76 bits per heavy atom. The first-order valence-electron chi connectivity index (χ1n) is 6.55. The molecule has 0 radical (unpaired) electrons. The van der Waals surface area contributed by atoms with E-state index in [1.54, 1.807) is 25.1 Å². The van der Waals surface area contributed by atoms with Gasteiger partial charge in [-0.25, -0.2) is 0 Å². The summed E-state index contributed by atoms with van der Waals surface area (Å²) in [6, 6.07) is 12.3. The van der Waals surface area contributed by atoms with Crippen LogP contribution in [-0.2, 0) is 4.79 Å². The average Bonchev–Trinajstić information content (AvgIpc) is 2.46. The molecule has 2 aromatic rings. The zero-order chi connectivity index (χ0) is 15.4. The van der Waals surface area contributed by atoms with Gasteiger partial charge in [-0.1, -0.05) is 29.3 Å². The maximum atomic E-state index is 12.2. The summed E-state index contributed by atoms with van der Waals surface area (Å²) in [5.74, 6) is -0.129. The van der Waals surface area contributed by atoms with Gasteiger partial charge in [-0.15, -0.1) is 0 Å². The van der Waals surface area contributed by atoms with Crippen LogP contribution in [0.2, 0.25) is 10.0 Å². The average molecular weight is 323 g/mol. The van der Waals surface area contributed by atoms with Crippen LogP contribution in [0.1, 0.15) is 12.5 Å². The lowest BCUT2D eigenvalue weighted by Crippen LogP contribution is -2.32. The van der Waals surface area contributed by atoms with Crippen molar-refractivity contribution in [2.75, 3.05) is 10.6 Å². The predicted molar refractivity (Wildman–Crippen MR) is 89.4 cm³/mol. The maximum Gasteiger partial charge on any atom is 0.246 e. The molecule has 0 aliphatic carbocycles. The van der Waals surface area contributed by atoms with E-state index in [-0.39, 0.29) is 11.9 Å². The highest BCUT2D eigenvalue weighted by Crippen LogP contribution is 2.23. The zero-order valence-corrected chi connectivity index (χ0v) is 13.3. The molecule has 2 rings (SSSR count). The fraction of sp³-hybridized carbons (Fsp3) is 0.188. The van der Waals surface area contributed by atoms with E-state index in [4.69, 9.17) is 23.2 Å². The molecule has 0 saturated heterocycles. The van der Waals surface area contributed by atoms with Gasteiger partial charge in [-0.2, -0.15) is 0 Å². The molecule has 0 spiro atoms. The Balaban J connectivity index is 2.02. The minimum absolute atomic E-state index is 0.129. The number of rotatable bonds is 4. The summed E-state index contributed by atoms with van der Waals surface area (Å²) < 4.78 is 0. The van der Waals surface area contributed by atoms with Gasteiger partial charge in [-0.3, -0.25) is 4.79 Å². The van der Waals surface area contributed by atoms with Crippen molar-refractivity contribution in [2.45, 2.75) is 19.9 Å². The SMILES string of the molecule is Cc1c(Cl)cccc1NC(=O)C(C)Nc1ccc(Cl)cc1. The minimum Gasteiger partial charge on any atom is -0.374 e. The van der Waals surface area contributed by atoms with Crippen LogP contribution < -0.4 is 10.6 Å². The summed E-state index contributed by atoms with van der Waals surface area (Å²) >= 11 is 11.9. The highest BCUT2D eigenvalue weighted by Gasteiger charge is 2.14. The largest absolute Gasteiger partial charge is 0.374 e. The third-order valence-electron chi connectivity index (χ3n) is 3.15. The molecule has 21 heavy (non-hydrogen) atoms. The Hall–Kier alpha value is -1.71. The minimum atomic E-state index is -0.385. The van der Waals surface area contributed by atoms with Gasteiger partial charge in [0.2, 0.25) is 5.91 Å². The topological polar surface area (TPSA) is 41.1 Å². The number of anilines is 2. The van der Waals surface area contributed by atoms with Crippen molar-refractivity contribution in [3.05, 3.63) is 58.1 Å². The quantitative estimate of drug-likeness (QED) is 0.853. The number of benzene rings is 2. The van der Waals surface area contributed by atoms with Gasteiger partial charge in [0.05, 0.1) is 0 Å². The number of carbonyl (C=O) groups excluding carboxylic acids is 1. The van der Waals surface area contributed by atoms with E-state index in [0.717, 1.165) is 16.9 Å². The number of nitrogens with one attached hydrogen (secondary N) is 2. The summed E-state index contributed by atoms with van der Waals surface area (Å²) in [6.07, 6.45) is 0. The number of carbonyl (C=O) groups is 1. The van der Waals surface area contributed by atoms with E-state index < -0.39 is 0 Å². The van der Waals surface area contributed by atoms with Crippen LogP contribution in [0.4, 0.5) is 11.4 Å². The molecule has 0 fully saturated rings. The molecule has 0 aliphatic rings. The monoisotopic (exact) mass is 322 g/mol. The summed E-state index contributed by atoms with van der Waals surface area (Å²) in [5, 5.41) is 7.28. The van der Waals surface area contributed by atoms with Crippen LogP contribution in [0.15, 0.2) is 42.5 Å². The molecule has 3 nitrogen and oxygen atoms in total. The smallest absolute Gasteiger partial charge is 0.246 e. The Morgan fingerprint density at radius 1 is 1.10 bits per heavy atom. The lowest BCUT2D eigenvalue weighted by molar-refractivity contribution is -0.116. The highest BCUT2D eigenvalue weighted by atomic mass is 35.5. The van der Waals surface area contributed by atoms with Crippen LogP contribution in [0, 0.1) is 6.92 Å². The van der Waals surface area contributed by atoms with E-state index in [9.17, 15) is 4.79 Å². The van der Waals surface area contributed by atoms with Gasteiger partial charge >= 0.3 is 0 Å². The van der Waals surface area contributed by atoms with Crippen molar-refractivity contribution in [1.82, 2.24) is 0 Å². The van der Waals surface area contributed by atoms with Gasteiger partial charge in [0, 0.05) is 21.4 Å². The molecule has 2 aromatic carbocycles. The fourth-order valence-electron chi connectivity index (χ4n) is 1.85. The highest BCUT2D eigenvalue weighted by molar-refractivity contribution is 6.31. The third kappa shape index (κ3) is 4.13. The summed E-state index contributed by atoms with van der Waals surface area (Å²) in [6.45, 7) is 3.67. The molecule has 1 atom stereocenters. The standard InChI is InChI=1S/C16H16Cl2N2O/c1-10-14(18)4-3-5-15(10)20-16(21)11(2)19-13-8-6-12(17)7-9-13/h3-9,11,19H,1-2H3,(H,20,21). The Kier molecular flexibility index (Phi) is 5.10. The molecule has 1 amide bonds. The number of halogens is 2. The van der Waals surface area contributed by atoms with Crippen molar-refractivity contribution in [1.29, 1.82) is 0 Å². The predicted octanol–water partition coefficient (Wildman–Crippen LogP) is 4.74. The lowest BCUT2D eigenvalue weighted by atomic mass is 10.2. The molecule has 2 N–H and O–H groups in total. The van der Waals surface area contributed by atoms with E-state index >= 15 is 0 Å². The first-order chi connectivity index (χ1) is 9.97. The molecular weight excluding hydrogens is 307 g/mol. The van der Waals surface area contributed by atoms with Crippen LogP contribution in [-0.4, -0.2) is 11.9 Å². The Bertz CT molecular complexity index is 641. The lowest BCUT2D eigenvalue weighted by Gasteiger charge is -2.16. The summed E-state index contributed by atoms with van der Waals surface area (Å²) in [4.78, 5) is 12.2. The molecule has 0 aliphatic heterocycles. The maximum absolute atomic E-state index is 12.2. The molecule has 5 heteroatoms. The van der Waals surface area contributed by atoms with Crippen molar-refractivity contribution in [3.63, 3.8) is 0 Å². The second-order valence-electron chi connectivity index (χ2n) is 4.77. The van der Waals surface area contributed by atoms with E-state index in [1.165, 1.54) is 0 Å². The van der Waals surface area contributed by atoms with Gasteiger partial charge in [0.1, 0.15) is 6.04 Å². The van der Waals surface area contributed by atoms with Crippen LogP contribution >= 0.6 is 23.2 Å². The van der Waals surface area contributed by atoms with Crippen molar-refractivity contribution in [2.24, 2.45) is 0 Å². The van der Waals surface area contributed by atoms with Gasteiger partial charge < -0.3 is 10.6 Å².